The van der Waals surface area contributed by atoms with Gasteiger partial charge in [0.2, 0.25) is 0 Å². The molecular formula is C18H21N3O4. The molecule has 1 fully saturated rings. The van der Waals surface area contributed by atoms with Crippen molar-refractivity contribution in [1.29, 1.82) is 0 Å². The van der Waals surface area contributed by atoms with Gasteiger partial charge in [-0.2, -0.15) is 0 Å². The van der Waals surface area contributed by atoms with Gasteiger partial charge in [-0.05, 0) is 37.3 Å². The largest absolute Gasteiger partial charge is 0.497 e. The minimum absolute atomic E-state index is 0.104. The quantitative estimate of drug-likeness (QED) is 0.921. The number of ether oxygens (including phenoxy) is 2. The van der Waals surface area contributed by atoms with Gasteiger partial charge in [-0.25, -0.2) is 4.79 Å². The first kappa shape index (κ1) is 16.9. The summed E-state index contributed by atoms with van der Waals surface area (Å²) in [6.45, 7) is 2.82. The number of hydrogen-bond donors (Lipinski definition) is 1. The zero-order valence-corrected chi connectivity index (χ0v) is 14.5. The molecule has 1 aromatic heterocycles. The lowest BCUT2D eigenvalue weighted by Crippen LogP contribution is -2.57. The average Bonchev–Trinajstić information content (AvgIpc) is 2.56. The molecule has 2 aromatic rings. The van der Waals surface area contributed by atoms with Crippen molar-refractivity contribution >= 4 is 11.7 Å². The van der Waals surface area contributed by atoms with Crippen LogP contribution in [0.5, 0.6) is 11.5 Å². The van der Waals surface area contributed by atoms with Crippen LogP contribution in [0.3, 0.4) is 0 Å². The molecule has 0 spiro atoms. The van der Waals surface area contributed by atoms with E-state index in [4.69, 9.17) is 9.47 Å². The summed E-state index contributed by atoms with van der Waals surface area (Å²) in [5, 5.41) is 2.83. The number of aromatic nitrogens is 1. The van der Waals surface area contributed by atoms with Crippen LogP contribution in [0, 0.1) is 6.92 Å². The number of pyridine rings is 1. The summed E-state index contributed by atoms with van der Waals surface area (Å²) in [5.41, 5.74) is 1.43. The van der Waals surface area contributed by atoms with Crippen molar-refractivity contribution in [3.05, 3.63) is 52.4 Å². The normalized spacial score (nSPS) is 14.0. The Kier molecular flexibility index (Phi) is 4.65. The molecule has 0 bridgehead atoms. The first-order valence-electron chi connectivity index (χ1n) is 8.00. The SMILES string of the molecule is COc1ccc(NC(=O)N2CC(Oc3cc(C)n(C)c(=O)c3)C2)cc1. The first-order chi connectivity index (χ1) is 12.0. The zero-order chi connectivity index (χ0) is 18.0. The highest BCUT2D eigenvalue weighted by Gasteiger charge is 2.32. The number of nitrogens with zero attached hydrogens (tertiary/aromatic N) is 2. The van der Waals surface area contributed by atoms with E-state index in [1.54, 1.807) is 47.9 Å². The number of methoxy groups -OCH3 is 1. The van der Waals surface area contributed by atoms with Crippen LogP contribution in [0.4, 0.5) is 10.5 Å². The van der Waals surface area contributed by atoms with Crippen molar-refractivity contribution in [1.82, 2.24) is 9.47 Å². The van der Waals surface area contributed by atoms with Gasteiger partial charge in [-0.1, -0.05) is 0 Å². The second-order valence-corrected chi connectivity index (χ2v) is 6.03. The van der Waals surface area contributed by atoms with Crippen LogP contribution >= 0.6 is 0 Å². The Morgan fingerprint density at radius 3 is 2.44 bits per heavy atom. The van der Waals surface area contributed by atoms with Gasteiger partial charge in [0.05, 0.1) is 20.2 Å². The lowest BCUT2D eigenvalue weighted by atomic mass is 10.2. The van der Waals surface area contributed by atoms with E-state index in [0.717, 1.165) is 11.4 Å². The summed E-state index contributed by atoms with van der Waals surface area (Å²) in [5.74, 6) is 1.28. The van der Waals surface area contributed by atoms with Crippen LogP contribution in [0.2, 0.25) is 0 Å². The molecule has 0 aliphatic carbocycles. The lowest BCUT2D eigenvalue weighted by molar-refractivity contribution is 0.0490. The van der Waals surface area contributed by atoms with E-state index in [0.29, 0.717) is 24.5 Å². The molecule has 1 aliphatic rings. The summed E-state index contributed by atoms with van der Waals surface area (Å²) in [6.07, 6.45) is -0.104. The van der Waals surface area contributed by atoms with Crippen molar-refractivity contribution < 1.29 is 14.3 Å². The second-order valence-electron chi connectivity index (χ2n) is 6.03. The fraction of sp³-hybridized carbons (Fsp3) is 0.333. The van der Waals surface area contributed by atoms with Gasteiger partial charge >= 0.3 is 6.03 Å². The van der Waals surface area contributed by atoms with E-state index in [1.165, 1.54) is 6.07 Å². The van der Waals surface area contributed by atoms with E-state index < -0.39 is 0 Å². The molecule has 0 unspecified atom stereocenters. The highest BCUT2D eigenvalue weighted by Crippen LogP contribution is 2.20. The Balaban J connectivity index is 1.51. The molecule has 0 saturated carbocycles. The summed E-state index contributed by atoms with van der Waals surface area (Å²) in [7, 11) is 3.31. The smallest absolute Gasteiger partial charge is 0.322 e. The predicted octanol–water partition coefficient (Wildman–Crippen LogP) is 2.00. The molecule has 25 heavy (non-hydrogen) atoms. The summed E-state index contributed by atoms with van der Waals surface area (Å²) in [4.78, 5) is 25.6. The molecule has 1 saturated heterocycles. The van der Waals surface area contributed by atoms with Gasteiger partial charge in [0.25, 0.3) is 5.56 Å². The van der Waals surface area contributed by atoms with Crippen LogP contribution in [0.1, 0.15) is 5.69 Å². The number of rotatable bonds is 4. The Hall–Kier alpha value is -2.96. The molecule has 1 aliphatic heterocycles. The number of nitrogens with one attached hydrogen (secondary N) is 1. The molecule has 7 nitrogen and oxygen atoms in total. The number of urea groups is 1. The topological polar surface area (TPSA) is 72.8 Å². The van der Waals surface area contributed by atoms with E-state index in [2.05, 4.69) is 5.32 Å². The average molecular weight is 343 g/mol. The number of hydrogen-bond acceptors (Lipinski definition) is 4. The van der Waals surface area contributed by atoms with Gasteiger partial charge in [0.1, 0.15) is 17.6 Å². The maximum Gasteiger partial charge on any atom is 0.322 e. The van der Waals surface area contributed by atoms with E-state index >= 15 is 0 Å². The van der Waals surface area contributed by atoms with Crippen molar-refractivity contribution in [2.45, 2.75) is 13.0 Å². The van der Waals surface area contributed by atoms with E-state index in [-0.39, 0.29) is 17.7 Å². The van der Waals surface area contributed by atoms with Gasteiger partial charge in [0, 0.05) is 24.5 Å². The zero-order valence-electron chi connectivity index (χ0n) is 14.5. The van der Waals surface area contributed by atoms with Crippen molar-refractivity contribution in [2.24, 2.45) is 7.05 Å². The van der Waals surface area contributed by atoms with Crippen molar-refractivity contribution in [2.75, 3.05) is 25.5 Å². The molecule has 1 aromatic carbocycles. The molecule has 2 heterocycles. The van der Waals surface area contributed by atoms with Gasteiger partial charge in [0.15, 0.2) is 0 Å². The van der Waals surface area contributed by atoms with Gasteiger partial charge in [-0.3, -0.25) is 4.79 Å². The Morgan fingerprint density at radius 1 is 1.16 bits per heavy atom. The fourth-order valence-corrected chi connectivity index (χ4v) is 2.55. The molecule has 7 heteroatoms. The van der Waals surface area contributed by atoms with Gasteiger partial charge < -0.3 is 24.3 Å². The number of benzene rings is 1. The predicted molar refractivity (Wildman–Crippen MR) is 94.4 cm³/mol. The number of carbonyl (C=O) groups is 1. The Labute approximate surface area is 145 Å². The van der Waals surface area contributed by atoms with Crippen LogP contribution in [-0.2, 0) is 7.05 Å². The fourth-order valence-electron chi connectivity index (χ4n) is 2.55. The van der Waals surface area contributed by atoms with Crippen LogP contribution in [0.25, 0.3) is 0 Å². The highest BCUT2D eigenvalue weighted by molar-refractivity contribution is 5.90. The lowest BCUT2D eigenvalue weighted by Gasteiger charge is -2.38. The summed E-state index contributed by atoms with van der Waals surface area (Å²) < 4.78 is 12.4. The van der Waals surface area contributed by atoms with E-state index in [9.17, 15) is 9.59 Å². The first-order valence-corrected chi connectivity index (χ1v) is 8.00. The number of likely N-dealkylation sites (tertiary alicyclic amines) is 1. The molecule has 0 radical (unpaired) electrons. The highest BCUT2D eigenvalue weighted by atomic mass is 16.5. The minimum atomic E-state index is -0.176. The molecule has 1 N–H and O–H groups in total. The van der Waals surface area contributed by atoms with Gasteiger partial charge in [-0.15, -0.1) is 0 Å². The van der Waals surface area contributed by atoms with Crippen LogP contribution < -0.4 is 20.3 Å². The molecule has 132 valence electrons. The molecule has 0 atom stereocenters. The van der Waals surface area contributed by atoms with Crippen LogP contribution in [-0.4, -0.2) is 41.8 Å². The summed E-state index contributed by atoms with van der Waals surface area (Å²) >= 11 is 0. The molecule has 2 amide bonds. The molecule has 3 rings (SSSR count). The summed E-state index contributed by atoms with van der Waals surface area (Å²) in [6, 6.07) is 10.3. The Bertz CT molecular complexity index is 823. The standard InChI is InChI=1S/C18H21N3O4/c1-12-8-15(9-17(22)20(12)2)25-16-10-21(11-16)18(23)19-13-4-6-14(24-3)7-5-13/h4-9,16H,10-11H2,1-3H3,(H,19,23). The Morgan fingerprint density at radius 2 is 1.84 bits per heavy atom. The van der Waals surface area contributed by atoms with E-state index in [1.807, 2.05) is 13.0 Å². The maximum atomic E-state index is 12.2. The monoisotopic (exact) mass is 343 g/mol. The minimum Gasteiger partial charge on any atom is -0.497 e. The third-order valence-electron chi connectivity index (χ3n) is 4.26. The second kappa shape index (κ2) is 6.88. The molecular weight excluding hydrogens is 322 g/mol. The van der Waals surface area contributed by atoms with Crippen molar-refractivity contribution in [3.63, 3.8) is 0 Å². The van der Waals surface area contributed by atoms with Crippen molar-refractivity contribution in [3.8, 4) is 11.5 Å². The maximum absolute atomic E-state index is 12.2. The number of aryl methyl sites for hydroxylation is 1. The van der Waals surface area contributed by atoms with Crippen LogP contribution in [0.15, 0.2) is 41.2 Å². The number of carbonyl (C=O) groups excluding carboxylic acids is 1. The number of anilines is 1. The third-order valence-corrected chi connectivity index (χ3v) is 4.26. The third kappa shape index (κ3) is 3.76. The number of amides is 2.